The van der Waals surface area contributed by atoms with Crippen LogP contribution in [-0.4, -0.2) is 5.71 Å². The molecule has 1 aliphatic heterocycles. The average molecular weight is 323 g/mol. The smallest absolute Gasteiger partial charge is 0.416 e. The maximum absolute atomic E-state index is 14.5. The SMILES string of the molecule is CC(=N)c1cccc(C2Cc3cc(C(F)(F)F)ccc3O2)c1F. The fraction of sp³-hybridized carbons (Fsp3) is 0.235. The second-order valence-electron chi connectivity index (χ2n) is 5.46. The number of halogens is 4. The fourth-order valence-corrected chi connectivity index (χ4v) is 2.69. The van der Waals surface area contributed by atoms with E-state index in [1.54, 1.807) is 6.07 Å². The van der Waals surface area contributed by atoms with Crippen molar-refractivity contribution in [3.8, 4) is 5.75 Å². The van der Waals surface area contributed by atoms with Crippen molar-refractivity contribution in [2.45, 2.75) is 25.6 Å². The van der Waals surface area contributed by atoms with E-state index in [9.17, 15) is 17.6 Å². The first kappa shape index (κ1) is 15.5. The van der Waals surface area contributed by atoms with Crippen LogP contribution in [-0.2, 0) is 12.6 Å². The normalized spacial score (nSPS) is 16.8. The Morgan fingerprint density at radius 1 is 1.22 bits per heavy atom. The largest absolute Gasteiger partial charge is 0.485 e. The lowest BCUT2D eigenvalue weighted by Gasteiger charge is -2.14. The summed E-state index contributed by atoms with van der Waals surface area (Å²) >= 11 is 0. The first-order valence-electron chi connectivity index (χ1n) is 6.98. The molecule has 3 rings (SSSR count). The van der Waals surface area contributed by atoms with Crippen LogP contribution in [0, 0.1) is 11.2 Å². The van der Waals surface area contributed by atoms with Gasteiger partial charge in [0.2, 0.25) is 0 Å². The highest BCUT2D eigenvalue weighted by atomic mass is 19.4. The molecular formula is C17H13F4NO. The van der Waals surface area contributed by atoms with Crippen molar-refractivity contribution >= 4 is 5.71 Å². The lowest BCUT2D eigenvalue weighted by atomic mass is 9.98. The van der Waals surface area contributed by atoms with Gasteiger partial charge >= 0.3 is 6.18 Å². The minimum Gasteiger partial charge on any atom is -0.485 e. The predicted octanol–water partition coefficient (Wildman–Crippen LogP) is 4.91. The molecule has 2 aromatic rings. The van der Waals surface area contributed by atoms with Crippen LogP contribution in [0.5, 0.6) is 5.75 Å². The number of rotatable bonds is 2. The van der Waals surface area contributed by atoms with Gasteiger partial charge in [-0.05, 0) is 30.7 Å². The first-order chi connectivity index (χ1) is 10.8. The Labute approximate surface area is 130 Å². The van der Waals surface area contributed by atoms with Crippen LogP contribution in [0.3, 0.4) is 0 Å². The van der Waals surface area contributed by atoms with Gasteiger partial charge in [-0.3, -0.25) is 0 Å². The number of fused-ring (bicyclic) bond motifs is 1. The van der Waals surface area contributed by atoms with Crippen molar-refractivity contribution in [2.24, 2.45) is 0 Å². The molecule has 23 heavy (non-hydrogen) atoms. The summed E-state index contributed by atoms with van der Waals surface area (Å²) in [5.74, 6) is -0.228. The third-order valence-corrected chi connectivity index (χ3v) is 3.84. The Morgan fingerprint density at radius 2 is 1.96 bits per heavy atom. The molecule has 0 aliphatic carbocycles. The number of hydrogen-bond donors (Lipinski definition) is 1. The number of ether oxygens (including phenoxy) is 1. The molecular weight excluding hydrogens is 310 g/mol. The number of benzene rings is 2. The van der Waals surface area contributed by atoms with E-state index in [0.717, 1.165) is 12.1 Å². The van der Waals surface area contributed by atoms with Crippen LogP contribution in [0.4, 0.5) is 17.6 Å². The van der Waals surface area contributed by atoms with Gasteiger partial charge in [-0.2, -0.15) is 13.2 Å². The van der Waals surface area contributed by atoms with Crippen LogP contribution in [0.1, 0.15) is 35.3 Å². The molecule has 0 aromatic heterocycles. The summed E-state index contributed by atoms with van der Waals surface area (Å²) in [4.78, 5) is 0. The summed E-state index contributed by atoms with van der Waals surface area (Å²) < 4.78 is 58.3. The average Bonchev–Trinajstić information content (AvgIpc) is 2.88. The van der Waals surface area contributed by atoms with Crippen LogP contribution in [0.2, 0.25) is 0 Å². The number of hydrogen-bond acceptors (Lipinski definition) is 2. The van der Waals surface area contributed by atoms with E-state index in [1.165, 1.54) is 25.1 Å². The zero-order chi connectivity index (χ0) is 16.8. The Kier molecular flexibility index (Phi) is 3.62. The van der Waals surface area contributed by atoms with Crippen LogP contribution in [0.25, 0.3) is 0 Å². The van der Waals surface area contributed by atoms with Gasteiger partial charge in [0.15, 0.2) is 0 Å². The Hall–Kier alpha value is -2.37. The topological polar surface area (TPSA) is 33.1 Å². The van der Waals surface area contributed by atoms with Crippen molar-refractivity contribution in [1.82, 2.24) is 0 Å². The van der Waals surface area contributed by atoms with E-state index >= 15 is 0 Å². The van der Waals surface area contributed by atoms with Gasteiger partial charge in [0, 0.05) is 23.3 Å². The Balaban J connectivity index is 1.94. The zero-order valence-electron chi connectivity index (χ0n) is 12.2. The van der Waals surface area contributed by atoms with Gasteiger partial charge in [-0.1, -0.05) is 18.2 Å². The molecule has 0 saturated carbocycles. The molecule has 0 fully saturated rings. The molecule has 1 aliphatic rings. The second-order valence-corrected chi connectivity index (χ2v) is 5.46. The van der Waals surface area contributed by atoms with Gasteiger partial charge in [-0.25, -0.2) is 4.39 Å². The van der Waals surface area contributed by atoms with E-state index in [2.05, 4.69) is 0 Å². The molecule has 0 saturated heterocycles. The molecule has 1 atom stereocenters. The fourth-order valence-electron chi connectivity index (χ4n) is 2.69. The molecule has 2 nitrogen and oxygen atoms in total. The summed E-state index contributed by atoms with van der Waals surface area (Å²) in [6, 6.07) is 7.89. The van der Waals surface area contributed by atoms with Gasteiger partial charge in [0.25, 0.3) is 0 Å². The lowest BCUT2D eigenvalue weighted by molar-refractivity contribution is -0.137. The highest BCUT2D eigenvalue weighted by Crippen LogP contribution is 2.41. The molecule has 2 aromatic carbocycles. The minimum absolute atomic E-state index is 0.0826. The van der Waals surface area contributed by atoms with Crippen molar-refractivity contribution in [3.63, 3.8) is 0 Å². The second kappa shape index (κ2) is 5.37. The third kappa shape index (κ3) is 2.81. The number of nitrogens with one attached hydrogen (secondary N) is 1. The van der Waals surface area contributed by atoms with Crippen LogP contribution >= 0.6 is 0 Å². The van der Waals surface area contributed by atoms with Gasteiger partial charge in [0.05, 0.1) is 5.56 Å². The molecule has 0 amide bonds. The van der Waals surface area contributed by atoms with Crippen molar-refractivity contribution < 1.29 is 22.3 Å². The minimum atomic E-state index is -4.42. The standard InChI is InChI=1S/C17H13F4NO/c1-9(22)12-3-2-4-13(16(12)18)15-8-10-7-11(17(19,20)21)5-6-14(10)23-15/h2-7,15,22H,8H2,1H3. The molecule has 0 radical (unpaired) electrons. The first-order valence-corrected chi connectivity index (χ1v) is 6.98. The maximum Gasteiger partial charge on any atom is 0.416 e. The summed E-state index contributed by atoms with van der Waals surface area (Å²) in [7, 11) is 0. The van der Waals surface area contributed by atoms with E-state index in [0.29, 0.717) is 11.3 Å². The molecule has 120 valence electrons. The molecule has 0 bridgehead atoms. The summed E-state index contributed by atoms with van der Waals surface area (Å²) in [6.07, 6.45) is -4.94. The van der Waals surface area contributed by atoms with Crippen LogP contribution < -0.4 is 4.74 Å². The van der Waals surface area contributed by atoms with Crippen molar-refractivity contribution in [2.75, 3.05) is 0 Å². The van der Waals surface area contributed by atoms with Crippen molar-refractivity contribution in [3.05, 3.63) is 64.5 Å². The lowest BCUT2D eigenvalue weighted by Crippen LogP contribution is -2.09. The Bertz CT molecular complexity index is 783. The van der Waals surface area contributed by atoms with Gasteiger partial charge in [-0.15, -0.1) is 0 Å². The molecule has 1 unspecified atom stereocenters. The quantitative estimate of drug-likeness (QED) is 0.618. The summed E-state index contributed by atoms with van der Waals surface area (Å²) in [5, 5.41) is 7.56. The number of alkyl halides is 3. The summed E-state index contributed by atoms with van der Waals surface area (Å²) in [6.45, 7) is 1.47. The third-order valence-electron chi connectivity index (χ3n) is 3.84. The highest BCUT2D eigenvalue weighted by molar-refractivity contribution is 5.96. The van der Waals surface area contributed by atoms with E-state index in [4.69, 9.17) is 10.1 Å². The molecule has 6 heteroatoms. The Morgan fingerprint density at radius 3 is 2.61 bits per heavy atom. The molecule has 1 N–H and O–H groups in total. The maximum atomic E-state index is 14.5. The molecule has 1 heterocycles. The highest BCUT2D eigenvalue weighted by Gasteiger charge is 2.34. The van der Waals surface area contributed by atoms with Gasteiger partial charge in [0.1, 0.15) is 17.7 Å². The molecule has 0 spiro atoms. The summed E-state index contributed by atoms with van der Waals surface area (Å²) in [5.41, 5.74) is 0.155. The monoisotopic (exact) mass is 323 g/mol. The van der Waals surface area contributed by atoms with Gasteiger partial charge < -0.3 is 10.1 Å². The van der Waals surface area contributed by atoms with Crippen LogP contribution in [0.15, 0.2) is 36.4 Å². The van der Waals surface area contributed by atoms with Crippen molar-refractivity contribution in [1.29, 1.82) is 5.41 Å². The predicted molar refractivity (Wildman–Crippen MR) is 77.4 cm³/mol. The van der Waals surface area contributed by atoms with E-state index in [1.807, 2.05) is 0 Å². The zero-order valence-corrected chi connectivity index (χ0v) is 12.2. The van der Waals surface area contributed by atoms with E-state index < -0.39 is 23.7 Å². The van der Waals surface area contributed by atoms with E-state index in [-0.39, 0.29) is 23.3 Å².